The van der Waals surface area contributed by atoms with Crippen molar-refractivity contribution in [3.8, 4) is 0 Å². The number of hydrogen-bond donors (Lipinski definition) is 0. The molecule has 0 N–H and O–H groups in total. The summed E-state index contributed by atoms with van der Waals surface area (Å²) in [6.45, 7) is 17.7. The van der Waals surface area contributed by atoms with Crippen molar-refractivity contribution in [2.45, 2.75) is 73.6 Å². The molecule has 0 amide bonds. The Hall–Kier alpha value is -1.60. The van der Waals surface area contributed by atoms with Crippen molar-refractivity contribution in [1.29, 1.82) is 0 Å². The molecule has 0 fully saturated rings. The zero-order valence-corrected chi connectivity index (χ0v) is 24.1. The molecule has 4 rings (SSSR count). The number of rotatable bonds is 3. The number of hydrogen-bond acceptors (Lipinski definition) is 0. The smallest absolute Gasteiger partial charge is 0 e. The first-order valence-corrected chi connectivity index (χ1v) is 11.2. The predicted octanol–water partition coefficient (Wildman–Crippen LogP) is 8.36. The second-order valence-corrected chi connectivity index (χ2v) is 9.10. The molecule has 0 bridgehead atoms. The molecule has 1 aliphatic rings. The third-order valence-corrected chi connectivity index (χ3v) is 7.29. The van der Waals surface area contributed by atoms with Gasteiger partial charge in [-0.15, -0.1) is 11.6 Å². The first-order chi connectivity index (χ1) is 14.2. The number of aryl methyl sites for hydroxylation is 2. The van der Waals surface area contributed by atoms with Crippen LogP contribution in [-0.2, 0) is 25.8 Å². The zero-order chi connectivity index (χ0) is 22.0. The van der Waals surface area contributed by atoms with E-state index in [-0.39, 0.29) is 25.8 Å². The van der Waals surface area contributed by atoms with Gasteiger partial charge in [-0.25, -0.2) is 6.08 Å². The van der Waals surface area contributed by atoms with Crippen LogP contribution in [0.15, 0.2) is 42.5 Å². The summed E-state index contributed by atoms with van der Waals surface area (Å²) in [5, 5.41) is 0. The summed E-state index contributed by atoms with van der Waals surface area (Å²) in [5.41, 5.74) is 14.3. The third kappa shape index (κ3) is 5.61. The van der Waals surface area contributed by atoms with Gasteiger partial charge in [-0.05, 0) is 25.3 Å². The molecule has 0 heterocycles. The zero-order valence-electron chi connectivity index (χ0n) is 20.5. The summed E-state index contributed by atoms with van der Waals surface area (Å²) in [6.07, 6.45) is 6.86. The minimum Gasteiger partial charge on any atom is -0.268 e. The second-order valence-electron chi connectivity index (χ2n) is 9.10. The normalized spacial score (nSPS) is 15.0. The summed E-state index contributed by atoms with van der Waals surface area (Å²) in [4.78, 5) is 0. The molecule has 0 aliphatic heterocycles. The quantitative estimate of drug-likeness (QED) is 0.218. The van der Waals surface area contributed by atoms with Crippen LogP contribution in [0.25, 0.3) is 6.08 Å². The number of allylic oxidation sites excluding steroid dienone is 1. The van der Waals surface area contributed by atoms with Crippen molar-refractivity contribution in [1.82, 2.24) is 0 Å². The fourth-order valence-corrected chi connectivity index (χ4v) is 4.44. The van der Waals surface area contributed by atoms with Gasteiger partial charge in [0, 0.05) is 25.8 Å². The van der Waals surface area contributed by atoms with Crippen LogP contribution in [0.4, 0.5) is 0 Å². The summed E-state index contributed by atoms with van der Waals surface area (Å²) < 4.78 is 0. The van der Waals surface area contributed by atoms with Crippen molar-refractivity contribution < 1.29 is 25.8 Å². The topological polar surface area (TPSA) is 0 Å². The van der Waals surface area contributed by atoms with Gasteiger partial charge in [-0.1, -0.05) is 101 Å². The Labute approximate surface area is 208 Å². The summed E-state index contributed by atoms with van der Waals surface area (Å²) in [5.74, 6) is 1.01. The molecule has 3 aromatic rings. The van der Waals surface area contributed by atoms with Crippen molar-refractivity contribution in [2.75, 3.05) is 0 Å². The van der Waals surface area contributed by atoms with Gasteiger partial charge in [-0.3, -0.25) is 6.08 Å². The number of benzene rings is 2. The summed E-state index contributed by atoms with van der Waals surface area (Å²) in [7, 11) is 0. The molecule has 0 radical (unpaired) electrons. The second kappa shape index (κ2) is 10.8. The Morgan fingerprint density at radius 1 is 0.871 bits per heavy atom. The maximum Gasteiger partial charge on any atom is 0 e. The van der Waals surface area contributed by atoms with E-state index in [0.29, 0.717) is 11.8 Å². The Morgan fingerprint density at radius 3 is 1.94 bits per heavy atom. The van der Waals surface area contributed by atoms with Gasteiger partial charge < -0.3 is 0 Å². The van der Waals surface area contributed by atoms with Crippen LogP contribution in [0.3, 0.4) is 0 Å². The SMILES string of the molecule is Cc1c(C)c(C)[c-](C)c1C.Cc1cc2c(cc1C)C(CC(C)c1ccccc1)[C-]=C2.[Hf]. The van der Waals surface area contributed by atoms with Crippen molar-refractivity contribution in [2.24, 2.45) is 0 Å². The largest absolute Gasteiger partial charge is 0.268 e. The Kier molecular flexibility index (Phi) is 8.95. The maximum absolute atomic E-state index is 3.55. The molecule has 0 saturated carbocycles. The van der Waals surface area contributed by atoms with Crippen LogP contribution in [0.2, 0.25) is 0 Å². The average molecular weight is 575 g/mol. The van der Waals surface area contributed by atoms with Crippen molar-refractivity contribution in [3.05, 3.63) is 104 Å². The van der Waals surface area contributed by atoms with E-state index in [0.717, 1.165) is 6.42 Å². The molecule has 31 heavy (non-hydrogen) atoms. The standard InChI is InChI=1S/C20H21.C10H15.Hf/c1-14-11-18-9-10-19(20(18)13-15(14)2)12-16(3)17-7-5-4-6-8-17;1-6-7(2)9(4)10(5)8(6)3;/h4-9,11,13,16,19H,12H2,1-3H3;1-5H3;/q2*-1;. The van der Waals surface area contributed by atoms with Crippen LogP contribution in [0, 0.1) is 54.5 Å². The third-order valence-electron chi connectivity index (χ3n) is 7.29. The first kappa shape index (κ1) is 25.7. The monoisotopic (exact) mass is 576 g/mol. The molecule has 162 valence electrons. The van der Waals surface area contributed by atoms with Gasteiger partial charge in [0.05, 0.1) is 0 Å². The number of fused-ring (bicyclic) bond motifs is 1. The Balaban J connectivity index is 0.000000264. The minimum atomic E-state index is 0. The Bertz CT molecular complexity index is 970. The van der Waals surface area contributed by atoms with Gasteiger partial charge in [0.25, 0.3) is 0 Å². The van der Waals surface area contributed by atoms with Crippen LogP contribution < -0.4 is 0 Å². The van der Waals surface area contributed by atoms with E-state index < -0.39 is 0 Å². The fourth-order valence-electron chi connectivity index (χ4n) is 4.44. The van der Waals surface area contributed by atoms with Gasteiger partial charge in [0.1, 0.15) is 0 Å². The molecule has 0 saturated heterocycles. The van der Waals surface area contributed by atoms with Gasteiger partial charge in [0.2, 0.25) is 0 Å². The van der Waals surface area contributed by atoms with Crippen LogP contribution >= 0.6 is 0 Å². The predicted molar refractivity (Wildman–Crippen MR) is 132 cm³/mol. The fraction of sp³-hybridized carbons (Fsp3) is 0.367. The van der Waals surface area contributed by atoms with Crippen molar-refractivity contribution >= 4 is 6.08 Å². The average Bonchev–Trinajstić information content (AvgIpc) is 3.19. The maximum atomic E-state index is 3.55. The molecule has 0 aromatic heterocycles. The van der Waals surface area contributed by atoms with E-state index in [1.165, 1.54) is 55.6 Å². The molecular weight excluding hydrogens is 539 g/mol. The molecule has 1 heteroatoms. The van der Waals surface area contributed by atoms with E-state index in [9.17, 15) is 0 Å². The van der Waals surface area contributed by atoms with Crippen molar-refractivity contribution in [3.63, 3.8) is 0 Å². The van der Waals surface area contributed by atoms with Crippen LogP contribution in [0.5, 0.6) is 0 Å². The molecular formula is C30H36Hf-2. The van der Waals surface area contributed by atoms with E-state index in [2.05, 4.69) is 110 Å². The molecule has 0 nitrogen and oxygen atoms in total. The molecule has 1 aliphatic carbocycles. The van der Waals surface area contributed by atoms with Gasteiger partial charge in [0.15, 0.2) is 0 Å². The van der Waals surface area contributed by atoms with Gasteiger partial charge in [-0.2, -0.15) is 33.4 Å². The van der Waals surface area contributed by atoms with E-state index in [1.807, 2.05) is 0 Å². The first-order valence-electron chi connectivity index (χ1n) is 11.2. The minimum absolute atomic E-state index is 0. The van der Waals surface area contributed by atoms with Crippen LogP contribution in [-0.4, -0.2) is 0 Å². The van der Waals surface area contributed by atoms with E-state index in [4.69, 9.17) is 0 Å². The van der Waals surface area contributed by atoms with E-state index in [1.54, 1.807) is 0 Å². The molecule has 3 aromatic carbocycles. The van der Waals surface area contributed by atoms with Crippen LogP contribution in [0.1, 0.15) is 80.8 Å². The summed E-state index contributed by atoms with van der Waals surface area (Å²) in [6, 6.07) is 15.4. The Morgan fingerprint density at radius 2 is 1.42 bits per heavy atom. The molecule has 2 atom stereocenters. The van der Waals surface area contributed by atoms with Gasteiger partial charge >= 0.3 is 0 Å². The molecule has 2 unspecified atom stereocenters. The summed E-state index contributed by atoms with van der Waals surface area (Å²) >= 11 is 0. The van der Waals surface area contributed by atoms with E-state index >= 15 is 0 Å². The molecule has 0 spiro atoms.